The van der Waals surface area contributed by atoms with Crippen molar-refractivity contribution in [2.75, 3.05) is 36.8 Å². The van der Waals surface area contributed by atoms with Gasteiger partial charge in [-0.2, -0.15) is 0 Å². The summed E-state index contributed by atoms with van der Waals surface area (Å²) in [4.78, 5) is 9.25. The molecule has 1 aliphatic heterocycles. The quantitative estimate of drug-likeness (QED) is 0.939. The molecular weight excluding hydrogens is 260 g/mol. The first-order chi connectivity index (χ1) is 10.3. The second-order valence-corrected chi connectivity index (χ2v) is 5.52. The van der Waals surface area contributed by atoms with Crippen LogP contribution in [0.2, 0.25) is 0 Å². The summed E-state index contributed by atoms with van der Waals surface area (Å²) >= 11 is 0. The van der Waals surface area contributed by atoms with Crippen molar-refractivity contribution < 1.29 is 0 Å². The molecule has 0 unspecified atom stereocenters. The number of nitrogen functional groups attached to an aromatic ring is 1. The highest BCUT2D eigenvalue weighted by Gasteiger charge is 2.17. The van der Waals surface area contributed by atoms with E-state index in [9.17, 15) is 0 Å². The van der Waals surface area contributed by atoms with Gasteiger partial charge in [-0.25, -0.2) is 4.98 Å². The van der Waals surface area contributed by atoms with Crippen LogP contribution in [0.1, 0.15) is 12.0 Å². The Bertz CT molecular complexity index is 570. The second-order valence-electron chi connectivity index (χ2n) is 5.52. The fourth-order valence-corrected chi connectivity index (χ4v) is 2.86. The van der Waals surface area contributed by atoms with E-state index in [-0.39, 0.29) is 0 Å². The third kappa shape index (κ3) is 3.52. The Morgan fingerprint density at radius 3 is 2.62 bits per heavy atom. The van der Waals surface area contributed by atoms with E-state index in [1.807, 2.05) is 18.3 Å². The van der Waals surface area contributed by atoms with E-state index < -0.39 is 0 Å². The normalized spacial score (nSPS) is 16.7. The predicted molar refractivity (Wildman–Crippen MR) is 87.2 cm³/mol. The molecule has 1 aromatic carbocycles. The number of aromatic nitrogens is 1. The molecule has 110 valence electrons. The SMILES string of the molecule is Nc1cccnc1N1CCCN(Cc2ccccc2)CC1. The van der Waals surface area contributed by atoms with Gasteiger partial charge in [-0.05, 0) is 24.1 Å². The van der Waals surface area contributed by atoms with Crippen molar-refractivity contribution in [2.45, 2.75) is 13.0 Å². The maximum Gasteiger partial charge on any atom is 0.151 e. The van der Waals surface area contributed by atoms with Crippen LogP contribution in [0.15, 0.2) is 48.7 Å². The zero-order valence-corrected chi connectivity index (χ0v) is 12.3. The number of anilines is 2. The van der Waals surface area contributed by atoms with Gasteiger partial charge in [0.2, 0.25) is 0 Å². The van der Waals surface area contributed by atoms with Gasteiger partial charge in [0.15, 0.2) is 5.82 Å². The van der Waals surface area contributed by atoms with E-state index >= 15 is 0 Å². The number of hydrogen-bond acceptors (Lipinski definition) is 4. The zero-order valence-electron chi connectivity index (χ0n) is 12.3. The monoisotopic (exact) mass is 282 g/mol. The number of rotatable bonds is 3. The third-order valence-electron chi connectivity index (χ3n) is 3.95. The minimum atomic E-state index is 0.772. The zero-order chi connectivity index (χ0) is 14.5. The van der Waals surface area contributed by atoms with Crippen LogP contribution in [-0.2, 0) is 6.54 Å². The Morgan fingerprint density at radius 2 is 1.81 bits per heavy atom. The van der Waals surface area contributed by atoms with Crippen LogP contribution in [0.5, 0.6) is 0 Å². The van der Waals surface area contributed by atoms with E-state index in [1.54, 1.807) is 0 Å². The maximum absolute atomic E-state index is 6.04. The Balaban J connectivity index is 1.63. The molecule has 21 heavy (non-hydrogen) atoms. The van der Waals surface area contributed by atoms with E-state index in [2.05, 4.69) is 45.1 Å². The van der Waals surface area contributed by atoms with Crippen molar-refractivity contribution in [2.24, 2.45) is 0 Å². The van der Waals surface area contributed by atoms with Crippen LogP contribution < -0.4 is 10.6 Å². The van der Waals surface area contributed by atoms with Gasteiger partial charge in [0, 0.05) is 38.9 Å². The first-order valence-electron chi connectivity index (χ1n) is 7.54. The number of hydrogen-bond donors (Lipinski definition) is 1. The Morgan fingerprint density at radius 1 is 0.952 bits per heavy atom. The molecule has 0 radical (unpaired) electrons. The Labute approximate surface area is 126 Å². The topological polar surface area (TPSA) is 45.4 Å². The summed E-state index contributed by atoms with van der Waals surface area (Å²) < 4.78 is 0. The molecule has 1 aromatic heterocycles. The molecule has 0 saturated carbocycles. The summed E-state index contributed by atoms with van der Waals surface area (Å²) in [6.45, 7) is 5.19. The van der Waals surface area contributed by atoms with E-state index in [1.165, 1.54) is 5.56 Å². The van der Waals surface area contributed by atoms with Crippen molar-refractivity contribution in [1.29, 1.82) is 0 Å². The molecule has 4 nitrogen and oxygen atoms in total. The third-order valence-corrected chi connectivity index (χ3v) is 3.95. The van der Waals surface area contributed by atoms with Gasteiger partial charge in [-0.1, -0.05) is 30.3 Å². The number of pyridine rings is 1. The van der Waals surface area contributed by atoms with Gasteiger partial charge in [0.25, 0.3) is 0 Å². The highest BCUT2D eigenvalue weighted by molar-refractivity contribution is 5.62. The molecule has 1 saturated heterocycles. The van der Waals surface area contributed by atoms with Gasteiger partial charge >= 0.3 is 0 Å². The average molecular weight is 282 g/mol. The van der Waals surface area contributed by atoms with Gasteiger partial charge < -0.3 is 10.6 Å². The molecule has 4 heteroatoms. The molecule has 0 amide bonds. The second kappa shape index (κ2) is 6.59. The van der Waals surface area contributed by atoms with E-state index in [4.69, 9.17) is 5.73 Å². The van der Waals surface area contributed by atoms with Crippen molar-refractivity contribution in [3.63, 3.8) is 0 Å². The molecule has 0 bridgehead atoms. The molecule has 0 atom stereocenters. The number of benzene rings is 1. The van der Waals surface area contributed by atoms with Gasteiger partial charge in [-0.3, -0.25) is 4.90 Å². The van der Waals surface area contributed by atoms with E-state index in [0.29, 0.717) is 0 Å². The molecule has 1 aliphatic rings. The van der Waals surface area contributed by atoms with Crippen LogP contribution in [-0.4, -0.2) is 36.1 Å². The van der Waals surface area contributed by atoms with Crippen LogP contribution in [0.4, 0.5) is 11.5 Å². The lowest BCUT2D eigenvalue weighted by atomic mass is 10.2. The molecule has 1 fully saturated rings. The lowest BCUT2D eigenvalue weighted by Crippen LogP contribution is -2.31. The Kier molecular flexibility index (Phi) is 4.36. The summed E-state index contributed by atoms with van der Waals surface area (Å²) in [5.41, 5.74) is 8.19. The summed E-state index contributed by atoms with van der Waals surface area (Å²) in [6, 6.07) is 14.5. The van der Waals surface area contributed by atoms with Gasteiger partial charge in [0.05, 0.1) is 5.69 Å². The number of nitrogens with two attached hydrogens (primary N) is 1. The Hall–Kier alpha value is -2.07. The van der Waals surface area contributed by atoms with Crippen molar-refractivity contribution in [3.05, 3.63) is 54.2 Å². The average Bonchev–Trinajstić information content (AvgIpc) is 2.74. The molecule has 2 heterocycles. The smallest absolute Gasteiger partial charge is 0.151 e. The van der Waals surface area contributed by atoms with Crippen LogP contribution in [0.25, 0.3) is 0 Å². The summed E-state index contributed by atoms with van der Waals surface area (Å²) in [5, 5.41) is 0. The highest BCUT2D eigenvalue weighted by Crippen LogP contribution is 2.21. The van der Waals surface area contributed by atoms with Crippen molar-refractivity contribution >= 4 is 11.5 Å². The first-order valence-corrected chi connectivity index (χ1v) is 7.54. The first kappa shape index (κ1) is 13.9. The number of nitrogens with zero attached hydrogens (tertiary/aromatic N) is 3. The highest BCUT2D eigenvalue weighted by atomic mass is 15.2. The fraction of sp³-hybridized carbons (Fsp3) is 0.353. The fourth-order valence-electron chi connectivity index (χ4n) is 2.86. The van der Waals surface area contributed by atoms with Crippen molar-refractivity contribution in [1.82, 2.24) is 9.88 Å². The molecule has 2 aromatic rings. The minimum Gasteiger partial charge on any atom is -0.396 e. The molecule has 2 N–H and O–H groups in total. The van der Waals surface area contributed by atoms with Gasteiger partial charge in [-0.15, -0.1) is 0 Å². The lowest BCUT2D eigenvalue weighted by Gasteiger charge is -2.23. The largest absolute Gasteiger partial charge is 0.396 e. The predicted octanol–water partition coefficient (Wildman–Crippen LogP) is 2.38. The van der Waals surface area contributed by atoms with E-state index in [0.717, 1.165) is 50.6 Å². The lowest BCUT2D eigenvalue weighted by molar-refractivity contribution is 0.285. The molecule has 3 rings (SSSR count). The molecule has 0 aliphatic carbocycles. The van der Waals surface area contributed by atoms with Gasteiger partial charge in [0.1, 0.15) is 0 Å². The van der Waals surface area contributed by atoms with Crippen molar-refractivity contribution in [3.8, 4) is 0 Å². The minimum absolute atomic E-state index is 0.772. The standard InChI is InChI=1S/C17H22N4/c18-16-8-4-9-19-17(16)21-11-5-10-20(12-13-21)14-15-6-2-1-3-7-15/h1-4,6-9H,5,10-14,18H2. The molecular formula is C17H22N4. The summed E-state index contributed by atoms with van der Waals surface area (Å²) in [5.74, 6) is 0.930. The molecule has 0 spiro atoms. The summed E-state index contributed by atoms with van der Waals surface area (Å²) in [6.07, 6.45) is 2.96. The van der Waals surface area contributed by atoms with Crippen LogP contribution in [0, 0.1) is 0 Å². The van der Waals surface area contributed by atoms with Crippen LogP contribution >= 0.6 is 0 Å². The maximum atomic E-state index is 6.04. The van der Waals surface area contributed by atoms with Crippen LogP contribution in [0.3, 0.4) is 0 Å². The summed E-state index contributed by atoms with van der Waals surface area (Å²) in [7, 11) is 0.